The fourth-order valence-electron chi connectivity index (χ4n) is 4.84. The van der Waals surface area contributed by atoms with Gasteiger partial charge in [-0.05, 0) is 55.8 Å². The van der Waals surface area contributed by atoms with Crippen LogP contribution in [0.1, 0.15) is 24.5 Å². The number of amides is 1. The number of carbonyl (C=O) groups excluding carboxylic acids is 1. The average Bonchev–Trinajstić information content (AvgIpc) is 3.25. The first-order valence-electron chi connectivity index (χ1n) is 11.3. The van der Waals surface area contributed by atoms with Crippen molar-refractivity contribution in [1.82, 2.24) is 4.90 Å². The molecule has 2 heterocycles. The van der Waals surface area contributed by atoms with E-state index < -0.39 is 30.2 Å². The third-order valence-electron chi connectivity index (χ3n) is 6.70. The highest BCUT2D eigenvalue weighted by Crippen LogP contribution is 2.51. The lowest BCUT2D eigenvalue weighted by atomic mass is 9.81. The number of aliphatic hydroxyl groups excluding tert-OH is 2. The van der Waals surface area contributed by atoms with E-state index in [0.29, 0.717) is 11.9 Å². The molecular formula is C25H31N3O8. The largest absolute Gasteiger partial charge is 0.479 e. The Hall–Kier alpha value is -3.67. The first kappa shape index (κ1) is 26.9. The Bertz CT molecular complexity index is 1140. The number of carbonyl (C=O) groups is 3. The van der Waals surface area contributed by atoms with Gasteiger partial charge in [0.15, 0.2) is 12.2 Å². The predicted molar refractivity (Wildman–Crippen MR) is 131 cm³/mol. The summed E-state index contributed by atoms with van der Waals surface area (Å²) in [4.78, 5) is 36.6. The Labute approximate surface area is 208 Å². The summed E-state index contributed by atoms with van der Waals surface area (Å²) in [5.41, 5.74) is 4.31. The Kier molecular flexibility index (Phi) is 7.87. The van der Waals surface area contributed by atoms with Gasteiger partial charge in [-0.25, -0.2) is 14.4 Å². The van der Waals surface area contributed by atoms with Crippen molar-refractivity contribution in [2.24, 2.45) is 0 Å². The van der Waals surface area contributed by atoms with E-state index in [1.807, 2.05) is 43.3 Å². The summed E-state index contributed by atoms with van der Waals surface area (Å²) in [5, 5.41) is 35.3. The van der Waals surface area contributed by atoms with Gasteiger partial charge in [-0.1, -0.05) is 25.1 Å². The van der Waals surface area contributed by atoms with Crippen LogP contribution in [-0.2, 0) is 15.0 Å². The van der Waals surface area contributed by atoms with Crippen LogP contribution in [0.5, 0.6) is 5.75 Å². The monoisotopic (exact) mass is 501 g/mol. The number of fused-ring (bicyclic) bond motifs is 3. The third-order valence-corrected chi connectivity index (χ3v) is 6.70. The van der Waals surface area contributed by atoms with Gasteiger partial charge in [0, 0.05) is 30.4 Å². The van der Waals surface area contributed by atoms with E-state index in [4.69, 9.17) is 25.2 Å². The first-order chi connectivity index (χ1) is 16.9. The van der Waals surface area contributed by atoms with E-state index in [1.54, 1.807) is 0 Å². The maximum absolute atomic E-state index is 12.3. The molecule has 2 aromatic rings. The number of aryl methyl sites for hydroxylation is 1. The van der Waals surface area contributed by atoms with Gasteiger partial charge < -0.3 is 30.1 Å². The zero-order chi connectivity index (χ0) is 26.8. The normalized spacial score (nSPS) is 21.9. The summed E-state index contributed by atoms with van der Waals surface area (Å²) < 4.78 is 5.57. The van der Waals surface area contributed by atoms with Gasteiger partial charge in [0.05, 0.1) is 6.17 Å². The van der Waals surface area contributed by atoms with E-state index >= 15 is 0 Å². The highest BCUT2D eigenvalue weighted by Gasteiger charge is 2.52. The Morgan fingerprint density at radius 3 is 2.25 bits per heavy atom. The first-order valence-corrected chi connectivity index (χ1v) is 11.3. The minimum Gasteiger partial charge on any atom is -0.479 e. The van der Waals surface area contributed by atoms with Gasteiger partial charge in [0.25, 0.3) is 0 Å². The van der Waals surface area contributed by atoms with Gasteiger partial charge >= 0.3 is 18.0 Å². The standard InChI is InChI=1S/C21H25N3O2.C4H6O6/c1-14-7-5-6-8-17(14)22-20(25)26-15-9-10-18-16(13-15)21(2)11-12-23(3)19(21)24(18)4;5-1(3(7)8)2(6)4(9)10/h5-10,13,19H,11-12H2,1-4H3,(H,22,25);1-2,5-6H,(H,7,8)(H,9,10)/t19-,21+;/m1./s1. The number of carboxylic acids is 2. The molecule has 194 valence electrons. The maximum Gasteiger partial charge on any atom is 0.417 e. The number of benzene rings is 2. The van der Waals surface area contributed by atoms with Crippen molar-refractivity contribution < 1.29 is 39.5 Å². The number of carboxylic acid groups (broad SMARTS) is 2. The molecule has 1 amide bonds. The molecule has 0 aliphatic carbocycles. The lowest BCUT2D eigenvalue weighted by Gasteiger charge is -2.32. The van der Waals surface area contributed by atoms with Crippen LogP contribution in [0, 0.1) is 6.92 Å². The van der Waals surface area contributed by atoms with Crippen LogP contribution in [-0.4, -0.2) is 82.4 Å². The zero-order valence-corrected chi connectivity index (χ0v) is 20.5. The number of nitrogens with zero attached hydrogens (tertiary/aromatic N) is 2. The minimum atomic E-state index is -2.27. The lowest BCUT2D eigenvalue weighted by Crippen LogP contribution is -2.45. The number of hydrogen-bond donors (Lipinski definition) is 5. The van der Waals surface area contributed by atoms with Crippen LogP contribution in [0.15, 0.2) is 42.5 Å². The second-order valence-corrected chi connectivity index (χ2v) is 9.21. The molecule has 36 heavy (non-hydrogen) atoms. The van der Waals surface area contributed by atoms with Crippen molar-refractivity contribution in [3.05, 3.63) is 53.6 Å². The fraction of sp³-hybridized carbons (Fsp3) is 0.400. The van der Waals surface area contributed by atoms with Crippen LogP contribution < -0.4 is 15.0 Å². The number of likely N-dealkylation sites (tertiary alicyclic amines) is 1. The maximum atomic E-state index is 12.3. The van der Waals surface area contributed by atoms with Crippen molar-refractivity contribution in [1.29, 1.82) is 0 Å². The van der Waals surface area contributed by atoms with Gasteiger partial charge in [-0.15, -0.1) is 0 Å². The number of ether oxygens (including phenoxy) is 1. The Morgan fingerprint density at radius 1 is 1.06 bits per heavy atom. The SMILES string of the molecule is Cc1ccccc1NC(=O)Oc1ccc2c(c1)[C@]1(C)CCN(C)[C@@H]1N2C.O=C(O)C(O)C(O)C(=O)O. The summed E-state index contributed by atoms with van der Waals surface area (Å²) in [6, 6.07) is 13.6. The Balaban J connectivity index is 0.000000308. The average molecular weight is 502 g/mol. The number of likely N-dealkylation sites (N-methyl/N-ethyl adjacent to an activating group) is 2. The van der Waals surface area contributed by atoms with Gasteiger partial charge in [0.2, 0.25) is 0 Å². The summed E-state index contributed by atoms with van der Waals surface area (Å²) in [7, 11) is 4.31. The molecule has 11 nitrogen and oxygen atoms in total. The molecule has 0 saturated carbocycles. The molecule has 4 rings (SSSR count). The molecule has 2 unspecified atom stereocenters. The van der Waals surface area contributed by atoms with Gasteiger partial charge in [-0.3, -0.25) is 10.2 Å². The number of aliphatic hydroxyl groups is 2. The summed E-state index contributed by atoms with van der Waals surface area (Å²) >= 11 is 0. The van der Waals surface area contributed by atoms with Crippen LogP contribution in [0.3, 0.4) is 0 Å². The quantitative estimate of drug-likeness (QED) is 0.409. The molecular weight excluding hydrogens is 470 g/mol. The Morgan fingerprint density at radius 2 is 1.67 bits per heavy atom. The van der Waals surface area contributed by atoms with Crippen LogP contribution >= 0.6 is 0 Å². The van der Waals surface area contributed by atoms with Crippen LogP contribution in [0.2, 0.25) is 0 Å². The molecule has 1 saturated heterocycles. The summed E-state index contributed by atoms with van der Waals surface area (Å²) in [5.74, 6) is -2.95. The molecule has 11 heteroatoms. The predicted octanol–water partition coefficient (Wildman–Crippen LogP) is 1.85. The van der Waals surface area contributed by atoms with E-state index in [9.17, 15) is 14.4 Å². The van der Waals surface area contributed by atoms with Crippen LogP contribution in [0.25, 0.3) is 0 Å². The molecule has 2 aliphatic heterocycles. The molecule has 1 fully saturated rings. The highest BCUT2D eigenvalue weighted by molar-refractivity contribution is 5.87. The van der Waals surface area contributed by atoms with Crippen molar-refractivity contribution >= 4 is 29.4 Å². The molecule has 5 N–H and O–H groups in total. The second-order valence-electron chi connectivity index (χ2n) is 9.21. The topological polar surface area (TPSA) is 160 Å². The number of para-hydroxylation sites is 1. The van der Waals surface area contributed by atoms with Gasteiger partial charge in [-0.2, -0.15) is 0 Å². The number of aliphatic carboxylic acids is 2. The van der Waals surface area contributed by atoms with Gasteiger partial charge in [0.1, 0.15) is 5.75 Å². The fourth-order valence-corrected chi connectivity index (χ4v) is 4.84. The molecule has 4 atom stereocenters. The molecule has 2 aliphatic rings. The molecule has 0 radical (unpaired) electrons. The van der Waals surface area contributed by atoms with Crippen LogP contribution in [0.4, 0.5) is 16.2 Å². The molecule has 0 aromatic heterocycles. The number of nitrogens with one attached hydrogen (secondary N) is 1. The van der Waals surface area contributed by atoms with Crippen molar-refractivity contribution in [2.45, 2.75) is 44.1 Å². The number of rotatable bonds is 5. The number of hydrogen-bond acceptors (Lipinski definition) is 8. The van der Waals surface area contributed by atoms with Crippen molar-refractivity contribution in [3.8, 4) is 5.75 Å². The van der Waals surface area contributed by atoms with E-state index in [0.717, 1.165) is 24.2 Å². The van der Waals surface area contributed by atoms with E-state index in [1.165, 1.54) is 11.3 Å². The number of anilines is 2. The second kappa shape index (κ2) is 10.5. The smallest absolute Gasteiger partial charge is 0.417 e. The molecule has 0 spiro atoms. The molecule has 0 bridgehead atoms. The minimum absolute atomic E-state index is 0.0602. The van der Waals surface area contributed by atoms with Crippen molar-refractivity contribution in [3.63, 3.8) is 0 Å². The summed E-state index contributed by atoms with van der Waals surface area (Å²) in [6.45, 7) is 5.34. The van der Waals surface area contributed by atoms with E-state index in [-0.39, 0.29) is 5.41 Å². The van der Waals surface area contributed by atoms with E-state index in [2.05, 4.69) is 42.2 Å². The van der Waals surface area contributed by atoms with Crippen molar-refractivity contribution in [2.75, 3.05) is 30.9 Å². The summed E-state index contributed by atoms with van der Waals surface area (Å²) in [6.07, 6.45) is -3.54. The highest BCUT2D eigenvalue weighted by atomic mass is 16.6. The zero-order valence-electron chi connectivity index (χ0n) is 20.5. The molecule has 2 aromatic carbocycles. The lowest BCUT2D eigenvalue weighted by molar-refractivity contribution is -0.165. The third kappa shape index (κ3) is 5.27.